The molecule has 3 rings (SSSR count). The number of H-pyrrole nitrogens is 2. The summed E-state index contributed by atoms with van der Waals surface area (Å²) in [6, 6.07) is 7.83. The molecule has 4 heteroatoms. The molecule has 1 aromatic carbocycles. The Morgan fingerprint density at radius 1 is 1.11 bits per heavy atom. The quantitative estimate of drug-likeness (QED) is 0.703. The Morgan fingerprint density at radius 3 is 2.68 bits per heavy atom. The number of fused-ring (bicyclic) bond motifs is 1. The van der Waals surface area contributed by atoms with E-state index in [1.165, 1.54) is 0 Å². The molecule has 0 radical (unpaired) electrons. The van der Waals surface area contributed by atoms with E-state index in [0.717, 1.165) is 29.0 Å². The second kappa shape index (κ2) is 4.24. The highest BCUT2D eigenvalue weighted by Gasteiger charge is 2.14. The maximum Gasteiger partial charge on any atom is 0.166 e. The Bertz CT molecular complexity index is 781. The molecule has 0 unspecified atom stereocenters. The summed E-state index contributed by atoms with van der Waals surface area (Å²) >= 11 is 0. The summed E-state index contributed by atoms with van der Waals surface area (Å²) in [6.45, 7) is 1.77. The third-order valence-electron chi connectivity index (χ3n) is 3.41. The normalized spacial score (nSPS) is 10.8. The van der Waals surface area contributed by atoms with Gasteiger partial charge in [-0.15, -0.1) is 0 Å². The van der Waals surface area contributed by atoms with Crippen molar-refractivity contribution < 1.29 is 9.59 Å². The van der Waals surface area contributed by atoms with E-state index in [2.05, 4.69) is 9.97 Å². The Hall–Kier alpha value is -2.62. The summed E-state index contributed by atoms with van der Waals surface area (Å²) in [5.41, 5.74) is 4.30. The Balaban J connectivity index is 2.25. The Kier molecular flexibility index (Phi) is 2.56. The van der Waals surface area contributed by atoms with Crippen LogP contribution in [0.15, 0.2) is 30.5 Å². The molecule has 0 amide bonds. The molecule has 2 aromatic heterocycles. The first kappa shape index (κ1) is 11.5. The minimum absolute atomic E-state index is 0.450. The summed E-state index contributed by atoms with van der Waals surface area (Å²) in [5, 5.41) is 1.06. The Labute approximate surface area is 109 Å². The largest absolute Gasteiger partial charge is 0.361 e. The molecule has 3 aromatic rings. The van der Waals surface area contributed by atoms with Crippen LogP contribution in [0.2, 0.25) is 0 Å². The minimum atomic E-state index is 0.450. The van der Waals surface area contributed by atoms with Gasteiger partial charge in [-0.2, -0.15) is 0 Å². The number of nitrogens with one attached hydrogen (secondary N) is 2. The number of hydrogen-bond acceptors (Lipinski definition) is 2. The van der Waals surface area contributed by atoms with Crippen LogP contribution in [0.5, 0.6) is 0 Å². The summed E-state index contributed by atoms with van der Waals surface area (Å²) in [6.07, 6.45) is 3.39. The molecule has 19 heavy (non-hydrogen) atoms. The second-order valence-electron chi connectivity index (χ2n) is 4.47. The van der Waals surface area contributed by atoms with Crippen molar-refractivity contribution in [3.63, 3.8) is 0 Å². The lowest BCUT2D eigenvalue weighted by atomic mass is 10.0. The fourth-order valence-electron chi connectivity index (χ4n) is 2.33. The van der Waals surface area contributed by atoms with Crippen LogP contribution in [0.3, 0.4) is 0 Å². The van der Waals surface area contributed by atoms with Crippen LogP contribution < -0.4 is 0 Å². The van der Waals surface area contributed by atoms with Crippen LogP contribution >= 0.6 is 0 Å². The monoisotopic (exact) mass is 252 g/mol. The summed E-state index contributed by atoms with van der Waals surface area (Å²) in [4.78, 5) is 28.3. The van der Waals surface area contributed by atoms with Gasteiger partial charge in [-0.25, -0.2) is 0 Å². The molecule has 0 bridgehead atoms. The molecular weight excluding hydrogens is 240 g/mol. The number of aromatic amines is 2. The van der Waals surface area contributed by atoms with E-state index >= 15 is 0 Å². The van der Waals surface area contributed by atoms with Gasteiger partial charge in [0.15, 0.2) is 12.6 Å². The van der Waals surface area contributed by atoms with Crippen molar-refractivity contribution in [1.82, 2.24) is 9.97 Å². The minimum Gasteiger partial charge on any atom is -0.361 e. The fraction of sp³-hybridized carbons (Fsp3) is 0.0667. The van der Waals surface area contributed by atoms with Gasteiger partial charge in [-0.1, -0.05) is 6.07 Å². The van der Waals surface area contributed by atoms with Crippen molar-refractivity contribution in [2.75, 3.05) is 0 Å². The summed E-state index contributed by atoms with van der Waals surface area (Å²) < 4.78 is 0. The first-order valence-electron chi connectivity index (χ1n) is 5.95. The molecule has 0 fully saturated rings. The van der Waals surface area contributed by atoms with Crippen LogP contribution in [0.25, 0.3) is 22.2 Å². The van der Waals surface area contributed by atoms with Crippen molar-refractivity contribution >= 4 is 23.5 Å². The van der Waals surface area contributed by atoms with Crippen molar-refractivity contribution in [2.45, 2.75) is 6.92 Å². The second-order valence-corrected chi connectivity index (χ2v) is 4.47. The number of carbonyl (C=O) groups is 2. The molecule has 2 N–H and O–H groups in total. The molecule has 0 aliphatic rings. The Morgan fingerprint density at radius 2 is 1.95 bits per heavy atom. The molecule has 0 saturated carbocycles. The highest BCUT2D eigenvalue weighted by molar-refractivity contribution is 5.95. The number of benzene rings is 1. The first-order valence-corrected chi connectivity index (χ1v) is 5.95. The van der Waals surface area contributed by atoms with Crippen LogP contribution in [0, 0.1) is 6.92 Å². The zero-order valence-corrected chi connectivity index (χ0v) is 10.4. The predicted molar refractivity (Wildman–Crippen MR) is 73.6 cm³/mol. The third kappa shape index (κ3) is 1.69. The molecular formula is C15H12N2O2. The molecule has 4 nitrogen and oxygen atoms in total. The van der Waals surface area contributed by atoms with Crippen LogP contribution in [0.4, 0.5) is 0 Å². The predicted octanol–water partition coefficient (Wildman–Crippen LogP) is 3.10. The van der Waals surface area contributed by atoms with E-state index < -0.39 is 0 Å². The summed E-state index contributed by atoms with van der Waals surface area (Å²) in [5.74, 6) is 0. The van der Waals surface area contributed by atoms with Gasteiger partial charge in [0.05, 0.1) is 11.4 Å². The standard InChI is InChI=1S/C15H12N2O2/c1-9-12(7-18)15(17-14(9)8-19)11-2-3-13-10(6-11)4-5-16-13/h2-8,16-17H,1H3. The van der Waals surface area contributed by atoms with E-state index in [0.29, 0.717) is 22.5 Å². The topological polar surface area (TPSA) is 65.7 Å². The highest BCUT2D eigenvalue weighted by Crippen LogP contribution is 2.28. The third-order valence-corrected chi connectivity index (χ3v) is 3.41. The van der Waals surface area contributed by atoms with E-state index in [9.17, 15) is 9.59 Å². The SMILES string of the molecule is Cc1c(C=O)[nH]c(-c2ccc3[nH]ccc3c2)c1C=O. The molecule has 0 atom stereocenters. The van der Waals surface area contributed by atoms with Gasteiger partial charge >= 0.3 is 0 Å². The smallest absolute Gasteiger partial charge is 0.166 e. The molecule has 0 spiro atoms. The average Bonchev–Trinajstić information content (AvgIpc) is 3.01. The van der Waals surface area contributed by atoms with E-state index in [1.807, 2.05) is 30.5 Å². The number of aromatic nitrogens is 2. The van der Waals surface area contributed by atoms with Crippen LogP contribution in [-0.4, -0.2) is 22.5 Å². The first-order chi connectivity index (χ1) is 9.24. The highest BCUT2D eigenvalue weighted by atomic mass is 16.1. The van der Waals surface area contributed by atoms with E-state index in [1.54, 1.807) is 6.92 Å². The van der Waals surface area contributed by atoms with Gasteiger partial charge in [-0.05, 0) is 36.2 Å². The van der Waals surface area contributed by atoms with Gasteiger partial charge in [0, 0.05) is 22.7 Å². The number of rotatable bonds is 3. The zero-order valence-electron chi connectivity index (χ0n) is 10.4. The molecule has 94 valence electrons. The fourth-order valence-corrected chi connectivity index (χ4v) is 2.33. The van der Waals surface area contributed by atoms with Crippen LogP contribution in [-0.2, 0) is 0 Å². The average molecular weight is 252 g/mol. The molecule has 2 heterocycles. The molecule has 0 aliphatic heterocycles. The lowest BCUT2D eigenvalue weighted by molar-refractivity contribution is 0.111. The maximum atomic E-state index is 11.2. The van der Waals surface area contributed by atoms with Crippen molar-refractivity contribution in [1.29, 1.82) is 0 Å². The van der Waals surface area contributed by atoms with Crippen molar-refractivity contribution in [3.8, 4) is 11.3 Å². The van der Waals surface area contributed by atoms with Gasteiger partial charge in [-0.3, -0.25) is 9.59 Å². The molecule has 0 saturated heterocycles. The lowest BCUT2D eigenvalue weighted by Crippen LogP contribution is -1.86. The van der Waals surface area contributed by atoms with Gasteiger partial charge in [0.2, 0.25) is 0 Å². The zero-order chi connectivity index (χ0) is 13.4. The maximum absolute atomic E-state index is 11.2. The van der Waals surface area contributed by atoms with Crippen molar-refractivity contribution in [3.05, 3.63) is 47.3 Å². The van der Waals surface area contributed by atoms with Crippen LogP contribution in [0.1, 0.15) is 26.4 Å². The number of aldehydes is 2. The van der Waals surface area contributed by atoms with Crippen molar-refractivity contribution in [2.24, 2.45) is 0 Å². The van der Waals surface area contributed by atoms with E-state index in [4.69, 9.17) is 0 Å². The van der Waals surface area contributed by atoms with Gasteiger partial charge < -0.3 is 9.97 Å². The summed E-state index contributed by atoms with van der Waals surface area (Å²) in [7, 11) is 0. The molecule has 0 aliphatic carbocycles. The van der Waals surface area contributed by atoms with E-state index in [-0.39, 0.29) is 0 Å². The number of hydrogen-bond donors (Lipinski definition) is 2. The van der Waals surface area contributed by atoms with Gasteiger partial charge in [0.1, 0.15) is 0 Å². The van der Waals surface area contributed by atoms with Gasteiger partial charge in [0.25, 0.3) is 0 Å². The lowest BCUT2D eigenvalue weighted by Gasteiger charge is -2.01. The number of carbonyl (C=O) groups excluding carboxylic acids is 2.